The molecular formula is C13H23N3OS. The Morgan fingerprint density at radius 3 is 3.22 bits per heavy atom. The van der Waals surface area contributed by atoms with Crippen LogP contribution in [-0.2, 0) is 11.3 Å². The van der Waals surface area contributed by atoms with Gasteiger partial charge >= 0.3 is 0 Å². The zero-order valence-corrected chi connectivity index (χ0v) is 12.1. The molecule has 0 aromatic carbocycles. The third-order valence-corrected chi connectivity index (χ3v) is 4.41. The van der Waals surface area contributed by atoms with Gasteiger partial charge in [0.2, 0.25) is 0 Å². The monoisotopic (exact) mass is 269 g/mol. The lowest BCUT2D eigenvalue weighted by Gasteiger charge is -2.14. The van der Waals surface area contributed by atoms with Crippen LogP contribution in [0.3, 0.4) is 0 Å². The van der Waals surface area contributed by atoms with E-state index in [4.69, 9.17) is 9.72 Å². The second kappa shape index (κ2) is 7.07. The minimum absolute atomic E-state index is 0.751. The minimum Gasteiger partial charge on any atom is -0.383 e. The van der Waals surface area contributed by atoms with Crippen molar-refractivity contribution in [3.05, 3.63) is 11.1 Å². The van der Waals surface area contributed by atoms with Crippen molar-refractivity contribution < 1.29 is 4.74 Å². The van der Waals surface area contributed by atoms with E-state index in [1.54, 1.807) is 18.4 Å². The van der Waals surface area contributed by atoms with E-state index >= 15 is 0 Å². The maximum Gasteiger partial charge on any atom is 0.185 e. The zero-order valence-electron chi connectivity index (χ0n) is 11.3. The van der Waals surface area contributed by atoms with Gasteiger partial charge < -0.3 is 15.0 Å². The second-order valence-corrected chi connectivity index (χ2v) is 5.64. The lowest BCUT2D eigenvalue weighted by Crippen LogP contribution is -2.20. The molecule has 2 heterocycles. The molecule has 0 radical (unpaired) electrons. The molecule has 1 fully saturated rings. The van der Waals surface area contributed by atoms with Crippen LogP contribution in [0.4, 0.5) is 5.13 Å². The molecule has 1 N–H and O–H groups in total. The molecule has 1 atom stereocenters. The van der Waals surface area contributed by atoms with Crippen LogP contribution in [0.2, 0.25) is 0 Å². The SMILES string of the molecule is CCC1CCN(c2nc(CNCCOC)cs2)C1. The van der Waals surface area contributed by atoms with Gasteiger partial charge in [0.15, 0.2) is 5.13 Å². The van der Waals surface area contributed by atoms with Crippen LogP contribution < -0.4 is 10.2 Å². The van der Waals surface area contributed by atoms with Crippen LogP contribution >= 0.6 is 11.3 Å². The summed E-state index contributed by atoms with van der Waals surface area (Å²) >= 11 is 1.77. The van der Waals surface area contributed by atoms with Crippen molar-refractivity contribution in [3.8, 4) is 0 Å². The molecule has 0 amide bonds. The standard InChI is InChI=1S/C13H23N3OS/c1-3-11-4-6-16(9-11)13-15-12(10-18-13)8-14-5-7-17-2/h10-11,14H,3-9H2,1-2H3. The molecule has 5 heteroatoms. The molecule has 102 valence electrons. The zero-order chi connectivity index (χ0) is 12.8. The summed E-state index contributed by atoms with van der Waals surface area (Å²) in [6.07, 6.45) is 2.60. The minimum atomic E-state index is 0.751. The Kier molecular flexibility index (Phi) is 5.41. The van der Waals surface area contributed by atoms with Crippen molar-refractivity contribution in [1.82, 2.24) is 10.3 Å². The maximum absolute atomic E-state index is 5.00. The Hall–Kier alpha value is -0.650. The molecule has 1 aliphatic rings. The van der Waals surface area contributed by atoms with Crippen molar-refractivity contribution in [2.45, 2.75) is 26.3 Å². The van der Waals surface area contributed by atoms with E-state index in [0.29, 0.717) is 0 Å². The van der Waals surface area contributed by atoms with E-state index in [1.165, 1.54) is 31.1 Å². The molecule has 4 nitrogen and oxygen atoms in total. The summed E-state index contributed by atoms with van der Waals surface area (Å²) in [6.45, 7) is 7.10. The average Bonchev–Trinajstić information content (AvgIpc) is 3.03. The summed E-state index contributed by atoms with van der Waals surface area (Å²) < 4.78 is 5.00. The second-order valence-electron chi connectivity index (χ2n) is 4.80. The van der Waals surface area contributed by atoms with Gasteiger partial charge in [-0.1, -0.05) is 13.3 Å². The van der Waals surface area contributed by atoms with Gasteiger partial charge in [-0.15, -0.1) is 11.3 Å². The lowest BCUT2D eigenvalue weighted by atomic mass is 10.1. The van der Waals surface area contributed by atoms with Crippen LogP contribution in [0.1, 0.15) is 25.5 Å². The fourth-order valence-electron chi connectivity index (χ4n) is 2.25. The molecule has 0 bridgehead atoms. The predicted octanol–water partition coefficient (Wildman–Crippen LogP) is 2.12. The summed E-state index contributed by atoms with van der Waals surface area (Å²) in [5.41, 5.74) is 1.14. The molecule has 18 heavy (non-hydrogen) atoms. The van der Waals surface area contributed by atoms with E-state index in [0.717, 1.165) is 31.3 Å². The van der Waals surface area contributed by atoms with Gasteiger partial charge in [0, 0.05) is 38.7 Å². The smallest absolute Gasteiger partial charge is 0.185 e. The molecule has 0 spiro atoms. The van der Waals surface area contributed by atoms with Crippen LogP contribution in [0.15, 0.2) is 5.38 Å². The highest BCUT2D eigenvalue weighted by Gasteiger charge is 2.22. The topological polar surface area (TPSA) is 37.4 Å². The number of nitrogens with zero attached hydrogens (tertiary/aromatic N) is 2. The number of thiazole rings is 1. The molecule has 0 aliphatic carbocycles. The van der Waals surface area contributed by atoms with Crippen molar-refractivity contribution in [3.63, 3.8) is 0 Å². The molecule has 1 unspecified atom stereocenters. The van der Waals surface area contributed by atoms with Crippen LogP contribution in [-0.4, -0.2) is 38.3 Å². The fraction of sp³-hybridized carbons (Fsp3) is 0.769. The normalized spacial score (nSPS) is 19.7. The number of nitrogens with one attached hydrogen (secondary N) is 1. The molecule has 1 aliphatic heterocycles. The van der Waals surface area contributed by atoms with E-state index in [-0.39, 0.29) is 0 Å². The van der Waals surface area contributed by atoms with E-state index in [1.807, 2.05) is 0 Å². The summed E-state index contributed by atoms with van der Waals surface area (Å²) in [5, 5.41) is 6.68. The number of rotatable bonds is 7. The number of anilines is 1. The lowest BCUT2D eigenvalue weighted by molar-refractivity contribution is 0.199. The molecule has 2 rings (SSSR count). The molecule has 0 saturated carbocycles. The number of ether oxygens (including phenoxy) is 1. The van der Waals surface area contributed by atoms with Crippen molar-refractivity contribution in [2.24, 2.45) is 5.92 Å². The van der Waals surface area contributed by atoms with Gasteiger partial charge in [0.25, 0.3) is 0 Å². The highest BCUT2D eigenvalue weighted by atomic mass is 32.1. The Labute approximate surface area is 113 Å². The number of hydrogen-bond donors (Lipinski definition) is 1. The van der Waals surface area contributed by atoms with Gasteiger partial charge in [-0.2, -0.15) is 0 Å². The van der Waals surface area contributed by atoms with Crippen LogP contribution in [0.25, 0.3) is 0 Å². The summed E-state index contributed by atoms with van der Waals surface area (Å²) in [4.78, 5) is 7.13. The van der Waals surface area contributed by atoms with Crippen LogP contribution in [0, 0.1) is 5.92 Å². The summed E-state index contributed by atoms with van der Waals surface area (Å²) in [5.74, 6) is 0.858. The predicted molar refractivity (Wildman–Crippen MR) is 76.3 cm³/mol. The van der Waals surface area contributed by atoms with Gasteiger partial charge in [0.05, 0.1) is 12.3 Å². The van der Waals surface area contributed by atoms with Crippen molar-refractivity contribution >= 4 is 16.5 Å². The molecule has 1 aromatic heterocycles. The first kappa shape index (κ1) is 13.8. The first-order valence-electron chi connectivity index (χ1n) is 6.72. The quantitative estimate of drug-likeness (QED) is 0.769. The molecule has 1 aromatic rings. The van der Waals surface area contributed by atoms with Crippen molar-refractivity contribution in [1.29, 1.82) is 0 Å². The first-order chi connectivity index (χ1) is 8.83. The van der Waals surface area contributed by atoms with Gasteiger partial charge in [-0.3, -0.25) is 0 Å². The van der Waals surface area contributed by atoms with E-state index in [9.17, 15) is 0 Å². The van der Waals surface area contributed by atoms with Gasteiger partial charge in [-0.25, -0.2) is 4.98 Å². The summed E-state index contributed by atoms with van der Waals surface area (Å²) in [7, 11) is 1.72. The average molecular weight is 269 g/mol. The highest BCUT2D eigenvalue weighted by molar-refractivity contribution is 7.13. The first-order valence-corrected chi connectivity index (χ1v) is 7.60. The Morgan fingerprint density at radius 1 is 1.61 bits per heavy atom. The van der Waals surface area contributed by atoms with Crippen molar-refractivity contribution in [2.75, 3.05) is 38.3 Å². The van der Waals surface area contributed by atoms with E-state index < -0.39 is 0 Å². The number of aromatic nitrogens is 1. The largest absolute Gasteiger partial charge is 0.383 e. The third-order valence-electron chi connectivity index (χ3n) is 3.46. The number of hydrogen-bond acceptors (Lipinski definition) is 5. The van der Waals surface area contributed by atoms with Gasteiger partial charge in [0.1, 0.15) is 0 Å². The summed E-state index contributed by atoms with van der Waals surface area (Å²) in [6, 6.07) is 0. The van der Waals surface area contributed by atoms with Crippen LogP contribution in [0.5, 0.6) is 0 Å². The Balaban J connectivity index is 1.79. The maximum atomic E-state index is 5.00. The van der Waals surface area contributed by atoms with Gasteiger partial charge in [-0.05, 0) is 12.3 Å². The van der Waals surface area contributed by atoms with E-state index in [2.05, 4.69) is 22.5 Å². The Morgan fingerprint density at radius 2 is 2.50 bits per heavy atom. The highest BCUT2D eigenvalue weighted by Crippen LogP contribution is 2.28. The number of methoxy groups -OCH3 is 1. The fourth-order valence-corrected chi connectivity index (χ4v) is 3.12. The molecule has 1 saturated heterocycles. The third kappa shape index (κ3) is 3.67. The Bertz CT molecular complexity index is 356. The molecular weight excluding hydrogens is 246 g/mol.